The molecule has 0 spiro atoms. The van der Waals surface area contributed by atoms with Gasteiger partial charge >= 0.3 is 0 Å². The number of benzene rings is 2. The average Bonchev–Trinajstić information content (AvgIpc) is 2.71. The molecule has 4 nitrogen and oxygen atoms in total. The van der Waals surface area contributed by atoms with Crippen LogP contribution in [-0.4, -0.2) is 24.0 Å². The third kappa shape index (κ3) is 4.16. The van der Waals surface area contributed by atoms with Gasteiger partial charge in [0.1, 0.15) is 5.82 Å². The summed E-state index contributed by atoms with van der Waals surface area (Å²) in [6, 6.07) is 16.2. The summed E-state index contributed by atoms with van der Waals surface area (Å²) in [5.41, 5.74) is 5.22. The zero-order chi connectivity index (χ0) is 19.5. The number of hydrogen-bond donors (Lipinski definition) is 1. The molecule has 3 aromatic rings. The summed E-state index contributed by atoms with van der Waals surface area (Å²) in [4.78, 5) is 19.7. The number of piperidine rings is 1. The van der Waals surface area contributed by atoms with Crippen molar-refractivity contribution in [3.05, 3.63) is 65.2 Å². The van der Waals surface area contributed by atoms with E-state index in [-0.39, 0.29) is 5.91 Å². The van der Waals surface area contributed by atoms with Crippen LogP contribution in [0.1, 0.15) is 36.0 Å². The monoisotopic (exact) mass is 373 g/mol. The number of aryl methyl sites for hydroxylation is 2. The molecule has 0 atom stereocenters. The van der Waals surface area contributed by atoms with Crippen LogP contribution in [0.15, 0.2) is 48.5 Å². The number of carbonyl (C=O) groups is 1. The van der Waals surface area contributed by atoms with Crippen LogP contribution in [0.25, 0.3) is 10.9 Å². The number of carbonyl (C=O) groups excluding carboxylic acids is 1. The summed E-state index contributed by atoms with van der Waals surface area (Å²) in [5.74, 6) is 1.07. The molecular weight excluding hydrogens is 346 g/mol. The van der Waals surface area contributed by atoms with E-state index in [0.717, 1.165) is 41.1 Å². The Morgan fingerprint density at radius 3 is 2.50 bits per heavy atom. The van der Waals surface area contributed by atoms with Gasteiger partial charge < -0.3 is 10.2 Å². The third-order valence-electron chi connectivity index (χ3n) is 5.45. The highest BCUT2D eigenvalue weighted by Crippen LogP contribution is 2.27. The fourth-order valence-corrected chi connectivity index (χ4v) is 3.84. The van der Waals surface area contributed by atoms with E-state index in [1.165, 1.54) is 30.4 Å². The number of pyridine rings is 1. The van der Waals surface area contributed by atoms with Gasteiger partial charge in [0.05, 0.1) is 11.9 Å². The molecule has 28 heavy (non-hydrogen) atoms. The number of nitrogens with one attached hydrogen (secondary N) is 1. The quantitative estimate of drug-likeness (QED) is 0.698. The zero-order valence-corrected chi connectivity index (χ0v) is 16.7. The van der Waals surface area contributed by atoms with E-state index in [0.29, 0.717) is 6.42 Å². The van der Waals surface area contributed by atoms with E-state index in [1.54, 1.807) is 0 Å². The van der Waals surface area contributed by atoms with E-state index < -0.39 is 0 Å². The van der Waals surface area contributed by atoms with Gasteiger partial charge in [0.2, 0.25) is 5.91 Å². The van der Waals surface area contributed by atoms with Crippen LogP contribution in [-0.2, 0) is 11.2 Å². The van der Waals surface area contributed by atoms with Gasteiger partial charge in [0, 0.05) is 24.2 Å². The topological polar surface area (TPSA) is 45.2 Å². The number of hydrogen-bond acceptors (Lipinski definition) is 3. The lowest BCUT2D eigenvalue weighted by atomic mass is 10.1. The Morgan fingerprint density at radius 2 is 1.75 bits per heavy atom. The van der Waals surface area contributed by atoms with Gasteiger partial charge in [-0.05, 0) is 68.5 Å². The van der Waals surface area contributed by atoms with Crippen molar-refractivity contribution in [2.24, 2.45) is 0 Å². The van der Waals surface area contributed by atoms with Crippen LogP contribution in [0.4, 0.5) is 11.5 Å². The van der Waals surface area contributed by atoms with Gasteiger partial charge in [-0.2, -0.15) is 0 Å². The number of amides is 1. The van der Waals surface area contributed by atoms with Gasteiger partial charge in [-0.25, -0.2) is 4.98 Å². The van der Waals surface area contributed by atoms with Gasteiger partial charge in [-0.3, -0.25) is 4.79 Å². The average molecular weight is 374 g/mol. The second-order valence-corrected chi connectivity index (χ2v) is 7.79. The van der Waals surface area contributed by atoms with Crippen molar-refractivity contribution in [2.75, 3.05) is 23.3 Å². The Hall–Kier alpha value is -2.88. The Morgan fingerprint density at radius 1 is 1.00 bits per heavy atom. The molecule has 1 aromatic heterocycles. The molecule has 4 rings (SSSR count). The molecule has 0 unspecified atom stereocenters. The molecule has 2 heterocycles. The maximum atomic E-state index is 12.4. The van der Waals surface area contributed by atoms with Crippen LogP contribution in [0.2, 0.25) is 0 Å². The molecule has 1 saturated heterocycles. The van der Waals surface area contributed by atoms with Gasteiger partial charge in [0.15, 0.2) is 0 Å². The fraction of sp³-hybridized carbons (Fsp3) is 0.333. The first-order valence-electron chi connectivity index (χ1n) is 10.1. The normalized spacial score (nSPS) is 14.3. The Labute approximate surface area is 166 Å². The van der Waals surface area contributed by atoms with Crippen molar-refractivity contribution in [2.45, 2.75) is 39.5 Å². The minimum Gasteiger partial charge on any atom is -0.357 e. The molecule has 1 fully saturated rings. The standard InChI is InChI=1S/C24H27N3O/c1-17-6-8-19(9-7-17)15-24(28)25-20-10-11-22-21(16-20)18(2)14-23(26-22)27-12-4-3-5-13-27/h6-11,14,16H,3-5,12-13,15H2,1-2H3,(H,25,28). The zero-order valence-electron chi connectivity index (χ0n) is 16.7. The Balaban J connectivity index is 1.51. The molecular formula is C24H27N3O. The number of nitrogens with zero attached hydrogens (tertiary/aromatic N) is 2. The van der Waals surface area contributed by atoms with Crippen molar-refractivity contribution in [3.63, 3.8) is 0 Å². The SMILES string of the molecule is Cc1ccc(CC(=O)Nc2ccc3nc(N4CCCCC4)cc(C)c3c2)cc1. The van der Waals surface area contributed by atoms with Crippen molar-refractivity contribution in [1.29, 1.82) is 0 Å². The second kappa shape index (κ2) is 8.01. The van der Waals surface area contributed by atoms with E-state index in [4.69, 9.17) is 4.98 Å². The minimum atomic E-state index is -0.00116. The highest BCUT2D eigenvalue weighted by Gasteiger charge is 2.14. The maximum Gasteiger partial charge on any atom is 0.228 e. The second-order valence-electron chi connectivity index (χ2n) is 7.79. The smallest absolute Gasteiger partial charge is 0.228 e. The maximum absolute atomic E-state index is 12.4. The number of rotatable bonds is 4. The first-order chi connectivity index (χ1) is 13.6. The summed E-state index contributed by atoms with van der Waals surface area (Å²) in [6.07, 6.45) is 4.17. The van der Waals surface area contributed by atoms with Gasteiger partial charge in [-0.1, -0.05) is 29.8 Å². The summed E-state index contributed by atoms with van der Waals surface area (Å²) in [5, 5.41) is 4.12. The number of aromatic nitrogens is 1. The molecule has 144 valence electrons. The summed E-state index contributed by atoms with van der Waals surface area (Å²) in [7, 11) is 0. The van der Waals surface area contributed by atoms with Crippen molar-refractivity contribution in [1.82, 2.24) is 4.98 Å². The molecule has 4 heteroatoms. The molecule has 1 aliphatic rings. The highest BCUT2D eigenvalue weighted by atomic mass is 16.1. The Bertz CT molecular complexity index is 989. The van der Waals surface area contributed by atoms with Gasteiger partial charge in [-0.15, -0.1) is 0 Å². The van der Waals surface area contributed by atoms with Crippen molar-refractivity contribution < 1.29 is 4.79 Å². The highest BCUT2D eigenvalue weighted by molar-refractivity contribution is 5.95. The van der Waals surface area contributed by atoms with Crippen LogP contribution in [0.5, 0.6) is 0 Å². The third-order valence-corrected chi connectivity index (χ3v) is 5.45. The molecule has 0 saturated carbocycles. The first-order valence-corrected chi connectivity index (χ1v) is 10.1. The lowest BCUT2D eigenvalue weighted by molar-refractivity contribution is -0.115. The predicted molar refractivity (Wildman–Crippen MR) is 116 cm³/mol. The van der Waals surface area contributed by atoms with E-state index >= 15 is 0 Å². The van der Waals surface area contributed by atoms with Crippen molar-refractivity contribution >= 4 is 28.3 Å². The largest absolute Gasteiger partial charge is 0.357 e. The van der Waals surface area contributed by atoms with E-state index in [2.05, 4.69) is 23.2 Å². The number of fused-ring (bicyclic) bond motifs is 1. The van der Waals surface area contributed by atoms with Crippen molar-refractivity contribution in [3.8, 4) is 0 Å². The molecule has 2 aromatic carbocycles. The van der Waals surface area contributed by atoms with Crippen LogP contribution in [0, 0.1) is 13.8 Å². The fourth-order valence-electron chi connectivity index (χ4n) is 3.84. The summed E-state index contributed by atoms with van der Waals surface area (Å²) >= 11 is 0. The van der Waals surface area contributed by atoms with Crippen LogP contribution >= 0.6 is 0 Å². The lowest BCUT2D eigenvalue weighted by Crippen LogP contribution is -2.30. The minimum absolute atomic E-state index is 0.00116. The van der Waals surface area contributed by atoms with Gasteiger partial charge in [0.25, 0.3) is 0 Å². The Kier molecular flexibility index (Phi) is 5.29. The van der Waals surface area contributed by atoms with Crippen LogP contribution in [0.3, 0.4) is 0 Å². The molecule has 0 bridgehead atoms. The molecule has 0 aliphatic carbocycles. The predicted octanol–water partition coefficient (Wildman–Crippen LogP) is 5.02. The summed E-state index contributed by atoms with van der Waals surface area (Å²) in [6.45, 7) is 6.34. The van der Waals surface area contributed by atoms with E-state index in [1.807, 2.05) is 49.4 Å². The summed E-state index contributed by atoms with van der Waals surface area (Å²) < 4.78 is 0. The van der Waals surface area contributed by atoms with E-state index in [9.17, 15) is 4.79 Å². The first kappa shape index (κ1) is 18.5. The molecule has 0 radical (unpaired) electrons. The molecule has 1 aliphatic heterocycles. The molecule has 1 N–H and O–H groups in total. The van der Waals surface area contributed by atoms with Crippen LogP contribution < -0.4 is 10.2 Å². The molecule has 1 amide bonds. The lowest BCUT2D eigenvalue weighted by Gasteiger charge is -2.28. The number of anilines is 2.